The lowest BCUT2D eigenvalue weighted by Crippen LogP contribution is -2.48. The van der Waals surface area contributed by atoms with Crippen molar-refractivity contribution in [2.45, 2.75) is 50.2 Å². The summed E-state index contributed by atoms with van der Waals surface area (Å²) in [6.45, 7) is 4.15. The van der Waals surface area contributed by atoms with Crippen molar-refractivity contribution >= 4 is 23.5 Å². The SMILES string of the molecule is C[C@@H]1CCC[C@@H](C)N1C(=O)CSc1[nH+]c(N)c(C#N)cc1C#N. The number of piperidine rings is 1. The van der Waals surface area contributed by atoms with E-state index in [4.69, 9.17) is 11.0 Å². The molecule has 1 saturated heterocycles. The summed E-state index contributed by atoms with van der Waals surface area (Å²) < 4.78 is 0. The van der Waals surface area contributed by atoms with Crippen LogP contribution < -0.4 is 10.7 Å². The van der Waals surface area contributed by atoms with E-state index < -0.39 is 0 Å². The summed E-state index contributed by atoms with van der Waals surface area (Å²) in [5.74, 6) is 0.515. The topological polar surface area (TPSA) is 108 Å². The molecule has 1 aliphatic rings. The Kier molecular flexibility index (Phi) is 5.46. The first-order valence-electron chi connectivity index (χ1n) is 7.57. The zero-order valence-corrected chi connectivity index (χ0v) is 14.1. The Morgan fingerprint density at radius 1 is 1.35 bits per heavy atom. The molecule has 2 rings (SSSR count). The number of H-pyrrole nitrogens is 1. The number of carbonyl (C=O) groups excluding carboxylic acids is 1. The van der Waals surface area contributed by atoms with Crippen LogP contribution in [0, 0.1) is 22.7 Å². The average Bonchev–Trinajstić information content (AvgIpc) is 2.52. The molecule has 0 aliphatic carbocycles. The number of nitrogens with one attached hydrogen (secondary N) is 1. The lowest BCUT2D eigenvalue weighted by Gasteiger charge is -2.39. The zero-order valence-electron chi connectivity index (χ0n) is 13.3. The van der Waals surface area contributed by atoms with Crippen LogP contribution in [0.1, 0.15) is 44.2 Å². The number of aromatic nitrogens is 1. The molecule has 0 aromatic carbocycles. The number of rotatable bonds is 3. The number of aromatic amines is 1. The second-order valence-corrected chi connectivity index (χ2v) is 6.77. The third-order valence-corrected chi connectivity index (χ3v) is 5.14. The molecule has 0 unspecified atom stereocenters. The van der Waals surface area contributed by atoms with Gasteiger partial charge in [0.2, 0.25) is 5.91 Å². The predicted octanol–water partition coefficient (Wildman–Crippen LogP) is 1.71. The molecule has 1 aliphatic heterocycles. The molecule has 0 bridgehead atoms. The highest BCUT2D eigenvalue weighted by Gasteiger charge is 2.29. The van der Waals surface area contributed by atoms with Crippen LogP contribution in [0.4, 0.5) is 5.82 Å². The quantitative estimate of drug-likeness (QED) is 0.849. The number of nitrogens with two attached hydrogens (primary N) is 1. The largest absolute Gasteiger partial charge is 0.337 e. The second kappa shape index (κ2) is 7.34. The molecular weight excluding hydrogens is 310 g/mol. The Morgan fingerprint density at radius 2 is 1.96 bits per heavy atom. The Balaban J connectivity index is 2.12. The van der Waals surface area contributed by atoms with Crippen molar-refractivity contribution in [3.63, 3.8) is 0 Å². The first kappa shape index (κ1) is 17.1. The van der Waals surface area contributed by atoms with Gasteiger partial charge in [-0.2, -0.15) is 10.5 Å². The second-order valence-electron chi connectivity index (χ2n) is 5.78. The maximum Gasteiger partial charge on any atom is 0.289 e. The van der Waals surface area contributed by atoms with Crippen LogP contribution in [0.3, 0.4) is 0 Å². The van der Waals surface area contributed by atoms with Gasteiger partial charge < -0.3 is 4.90 Å². The number of pyridine rings is 1. The third-order valence-electron chi connectivity index (χ3n) is 4.13. The molecule has 1 amide bonds. The Morgan fingerprint density at radius 3 is 2.52 bits per heavy atom. The summed E-state index contributed by atoms with van der Waals surface area (Å²) in [5, 5.41) is 18.7. The number of nitrogens with zero attached hydrogens (tertiary/aromatic N) is 3. The normalized spacial score (nSPS) is 20.6. The van der Waals surface area contributed by atoms with Crippen LogP contribution in [-0.4, -0.2) is 28.6 Å². The number of thioether (sulfide) groups is 1. The minimum absolute atomic E-state index is 0.0647. The fourth-order valence-electron chi connectivity index (χ4n) is 2.96. The molecular formula is C16H20N5OS+. The fraction of sp³-hybridized carbons (Fsp3) is 0.500. The molecule has 1 aromatic rings. The van der Waals surface area contributed by atoms with Crippen molar-refractivity contribution < 1.29 is 9.78 Å². The standard InChI is InChI=1S/C16H19N5OS/c1-10-4-3-5-11(2)21(10)14(22)9-23-16-13(8-18)6-12(7-17)15(19)20-16/h6,10-11H,3-5,9H2,1-2H3,(H2,19,20)/p+1/t10-,11-/m1/s1. The molecule has 2 heterocycles. The summed E-state index contributed by atoms with van der Waals surface area (Å²) in [6, 6.07) is 5.91. The van der Waals surface area contributed by atoms with E-state index >= 15 is 0 Å². The van der Waals surface area contributed by atoms with Crippen LogP contribution >= 0.6 is 11.8 Å². The van der Waals surface area contributed by atoms with Gasteiger partial charge in [0.25, 0.3) is 5.82 Å². The molecule has 6 nitrogen and oxygen atoms in total. The van der Waals surface area contributed by atoms with Crippen LogP contribution in [-0.2, 0) is 4.79 Å². The number of hydrogen-bond donors (Lipinski definition) is 1. The summed E-state index contributed by atoms with van der Waals surface area (Å²) in [7, 11) is 0. The van der Waals surface area contributed by atoms with Gasteiger partial charge in [-0.1, -0.05) is 11.8 Å². The summed E-state index contributed by atoms with van der Waals surface area (Å²) in [5.41, 5.74) is 6.31. The Bertz CT molecular complexity index is 681. The van der Waals surface area contributed by atoms with Crippen molar-refractivity contribution in [1.82, 2.24) is 4.90 Å². The van der Waals surface area contributed by atoms with Crippen molar-refractivity contribution in [2.24, 2.45) is 0 Å². The van der Waals surface area contributed by atoms with Gasteiger partial charge in [-0.25, -0.2) is 4.98 Å². The molecule has 2 atom stereocenters. The average molecular weight is 330 g/mol. The van der Waals surface area contributed by atoms with Crippen molar-refractivity contribution in [2.75, 3.05) is 11.5 Å². The number of likely N-dealkylation sites (tertiary alicyclic amines) is 1. The molecule has 0 radical (unpaired) electrons. The van der Waals surface area contributed by atoms with E-state index in [0.717, 1.165) is 19.3 Å². The molecule has 3 N–H and O–H groups in total. The van der Waals surface area contributed by atoms with Gasteiger partial charge in [-0.15, -0.1) is 0 Å². The maximum atomic E-state index is 12.5. The first-order valence-corrected chi connectivity index (χ1v) is 8.56. The summed E-state index contributed by atoms with van der Waals surface area (Å²) in [4.78, 5) is 17.3. The number of nitriles is 2. The maximum absolute atomic E-state index is 12.5. The number of anilines is 1. The molecule has 120 valence electrons. The van der Waals surface area contributed by atoms with Gasteiger partial charge in [0.15, 0.2) is 5.03 Å². The lowest BCUT2D eigenvalue weighted by atomic mass is 9.98. The van der Waals surface area contributed by atoms with E-state index in [1.807, 2.05) is 17.0 Å². The summed E-state index contributed by atoms with van der Waals surface area (Å²) in [6.07, 6.45) is 3.21. The third kappa shape index (κ3) is 3.75. The molecule has 1 fully saturated rings. The summed E-state index contributed by atoms with van der Waals surface area (Å²) >= 11 is 1.25. The lowest BCUT2D eigenvalue weighted by molar-refractivity contribution is -0.410. The number of amides is 1. The van der Waals surface area contributed by atoms with Crippen molar-refractivity contribution in [3.05, 3.63) is 17.2 Å². The predicted molar refractivity (Wildman–Crippen MR) is 87.2 cm³/mol. The van der Waals surface area contributed by atoms with E-state index in [9.17, 15) is 10.1 Å². The van der Waals surface area contributed by atoms with Gasteiger partial charge >= 0.3 is 0 Å². The molecule has 7 heteroatoms. The highest BCUT2D eigenvalue weighted by atomic mass is 32.2. The van der Waals surface area contributed by atoms with E-state index in [0.29, 0.717) is 10.6 Å². The van der Waals surface area contributed by atoms with E-state index in [1.54, 1.807) is 0 Å². The highest BCUT2D eigenvalue weighted by molar-refractivity contribution is 7.99. The van der Waals surface area contributed by atoms with Crippen molar-refractivity contribution in [3.8, 4) is 12.1 Å². The van der Waals surface area contributed by atoms with Crippen molar-refractivity contribution in [1.29, 1.82) is 10.5 Å². The smallest absolute Gasteiger partial charge is 0.289 e. The van der Waals surface area contributed by atoms with E-state index in [1.165, 1.54) is 17.8 Å². The number of nitrogen functional groups attached to an aromatic ring is 1. The van der Waals surface area contributed by atoms with Crippen LogP contribution in [0.2, 0.25) is 0 Å². The molecule has 0 spiro atoms. The fourth-order valence-corrected chi connectivity index (χ4v) is 3.81. The van der Waals surface area contributed by atoms with Gasteiger partial charge in [0.1, 0.15) is 23.3 Å². The van der Waals surface area contributed by atoms with Gasteiger partial charge in [-0.3, -0.25) is 10.5 Å². The van der Waals surface area contributed by atoms with Crippen LogP contribution in [0.5, 0.6) is 0 Å². The first-order chi connectivity index (χ1) is 11.0. The van der Waals surface area contributed by atoms with Crippen LogP contribution in [0.25, 0.3) is 0 Å². The highest BCUT2D eigenvalue weighted by Crippen LogP contribution is 2.25. The van der Waals surface area contributed by atoms with E-state index in [-0.39, 0.29) is 35.1 Å². The monoisotopic (exact) mass is 330 g/mol. The number of carbonyl (C=O) groups is 1. The molecule has 23 heavy (non-hydrogen) atoms. The zero-order chi connectivity index (χ0) is 17.0. The Labute approximate surface area is 140 Å². The number of hydrogen-bond acceptors (Lipinski definition) is 5. The van der Waals surface area contributed by atoms with Gasteiger partial charge in [0, 0.05) is 12.1 Å². The minimum atomic E-state index is 0.0647. The van der Waals surface area contributed by atoms with Gasteiger partial charge in [-0.05, 0) is 39.2 Å². The Hall–Kier alpha value is -2.25. The minimum Gasteiger partial charge on any atom is -0.337 e. The van der Waals surface area contributed by atoms with Gasteiger partial charge in [0.05, 0.1) is 5.75 Å². The van der Waals surface area contributed by atoms with E-state index in [2.05, 4.69) is 18.8 Å². The van der Waals surface area contributed by atoms with Crippen LogP contribution in [0.15, 0.2) is 11.1 Å². The molecule has 0 saturated carbocycles. The molecule has 1 aromatic heterocycles.